The van der Waals surface area contributed by atoms with Gasteiger partial charge in [0.25, 0.3) is 0 Å². The lowest BCUT2D eigenvalue weighted by molar-refractivity contribution is -0.130. The molecule has 2 heterocycles. The molecule has 0 unspecified atom stereocenters. The lowest BCUT2D eigenvalue weighted by atomic mass is 10.1. The van der Waals surface area contributed by atoms with Crippen molar-refractivity contribution in [2.45, 2.75) is 0 Å². The lowest BCUT2D eigenvalue weighted by Crippen LogP contribution is -1.97. The third kappa shape index (κ3) is 2.48. The standard InChI is InChI=1S/C15H9ClO2S/c16-13-4-2-1-3-12(13)14-8-11(15(17)18-14)7-10-5-6-19-9-10/h1-9H. The maximum absolute atomic E-state index is 11.8. The average Bonchev–Trinajstić information content (AvgIpc) is 3.02. The summed E-state index contributed by atoms with van der Waals surface area (Å²) in [5.74, 6) is 0.151. The van der Waals surface area contributed by atoms with Gasteiger partial charge in [-0.05, 0) is 46.7 Å². The predicted octanol–water partition coefficient (Wildman–Crippen LogP) is 4.38. The first-order chi connectivity index (χ1) is 9.24. The molecule has 0 N–H and O–H groups in total. The molecule has 0 amide bonds. The van der Waals surface area contributed by atoms with Crippen molar-refractivity contribution in [1.29, 1.82) is 0 Å². The Morgan fingerprint density at radius 2 is 2.05 bits per heavy atom. The minimum Gasteiger partial charge on any atom is -0.422 e. The zero-order valence-electron chi connectivity index (χ0n) is 9.80. The summed E-state index contributed by atoms with van der Waals surface area (Å²) < 4.78 is 5.26. The monoisotopic (exact) mass is 288 g/mol. The van der Waals surface area contributed by atoms with Crippen LogP contribution in [0.1, 0.15) is 11.1 Å². The largest absolute Gasteiger partial charge is 0.422 e. The van der Waals surface area contributed by atoms with Crippen molar-refractivity contribution in [2.75, 3.05) is 0 Å². The van der Waals surface area contributed by atoms with Crippen molar-refractivity contribution in [1.82, 2.24) is 0 Å². The van der Waals surface area contributed by atoms with Crippen molar-refractivity contribution >= 4 is 40.7 Å². The van der Waals surface area contributed by atoms with E-state index in [9.17, 15) is 4.79 Å². The zero-order chi connectivity index (χ0) is 13.2. The fourth-order valence-electron chi connectivity index (χ4n) is 1.82. The highest BCUT2D eigenvalue weighted by Gasteiger charge is 2.23. The van der Waals surface area contributed by atoms with E-state index in [1.807, 2.05) is 41.1 Å². The number of hydrogen-bond acceptors (Lipinski definition) is 3. The fraction of sp³-hybridized carbons (Fsp3) is 0. The van der Waals surface area contributed by atoms with Crippen LogP contribution in [-0.2, 0) is 9.53 Å². The number of carbonyl (C=O) groups is 1. The van der Waals surface area contributed by atoms with E-state index in [-0.39, 0.29) is 5.97 Å². The quantitative estimate of drug-likeness (QED) is 0.605. The SMILES string of the molecule is O=C1OC(c2ccccc2Cl)=CC1=Cc1ccsc1. The minimum absolute atomic E-state index is 0.346. The number of benzene rings is 1. The van der Waals surface area contributed by atoms with E-state index < -0.39 is 0 Å². The molecule has 0 saturated heterocycles. The molecule has 1 aromatic carbocycles. The van der Waals surface area contributed by atoms with Crippen LogP contribution in [0.25, 0.3) is 11.8 Å². The summed E-state index contributed by atoms with van der Waals surface area (Å²) in [5.41, 5.74) is 2.26. The zero-order valence-corrected chi connectivity index (χ0v) is 11.4. The van der Waals surface area contributed by atoms with Crippen LogP contribution in [0.4, 0.5) is 0 Å². The summed E-state index contributed by atoms with van der Waals surface area (Å²) in [6, 6.07) is 9.25. The van der Waals surface area contributed by atoms with Gasteiger partial charge in [-0.1, -0.05) is 23.7 Å². The van der Waals surface area contributed by atoms with Crippen molar-refractivity contribution in [3.8, 4) is 0 Å². The Morgan fingerprint density at radius 1 is 1.21 bits per heavy atom. The Morgan fingerprint density at radius 3 is 2.79 bits per heavy atom. The highest BCUT2D eigenvalue weighted by molar-refractivity contribution is 7.08. The van der Waals surface area contributed by atoms with Gasteiger partial charge >= 0.3 is 5.97 Å². The summed E-state index contributed by atoms with van der Waals surface area (Å²) in [6.07, 6.45) is 3.53. The molecule has 0 fully saturated rings. The summed E-state index contributed by atoms with van der Waals surface area (Å²) in [7, 11) is 0. The van der Waals surface area contributed by atoms with Gasteiger partial charge in [0.1, 0.15) is 5.76 Å². The van der Waals surface area contributed by atoms with Gasteiger partial charge in [-0.2, -0.15) is 11.3 Å². The molecular weight excluding hydrogens is 280 g/mol. The van der Waals surface area contributed by atoms with E-state index in [2.05, 4.69) is 0 Å². The van der Waals surface area contributed by atoms with Gasteiger partial charge in [0.2, 0.25) is 0 Å². The van der Waals surface area contributed by atoms with Crippen LogP contribution in [0.5, 0.6) is 0 Å². The molecule has 0 atom stereocenters. The minimum atomic E-state index is -0.346. The van der Waals surface area contributed by atoms with Crippen molar-refractivity contribution in [3.05, 3.63) is 68.9 Å². The first-order valence-corrected chi connectivity index (χ1v) is 6.99. The molecule has 1 aliphatic rings. The summed E-state index contributed by atoms with van der Waals surface area (Å²) in [5, 5.41) is 4.51. The van der Waals surface area contributed by atoms with Crippen molar-refractivity contribution in [2.24, 2.45) is 0 Å². The van der Waals surface area contributed by atoms with Crippen LogP contribution >= 0.6 is 22.9 Å². The normalized spacial score (nSPS) is 16.6. The van der Waals surface area contributed by atoms with E-state index in [1.165, 1.54) is 0 Å². The Labute approximate surface area is 119 Å². The second-order valence-electron chi connectivity index (χ2n) is 4.03. The van der Waals surface area contributed by atoms with Gasteiger partial charge in [-0.3, -0.25) is 0 Å². The van der Waals surface area contributed by atoms with Crippen LogP contribution in [0.3, 0.4) is 0 Å². The van der Waals surface area contributed by atoms with Gasteiger partial charge in [0.05, 0.1) is 10.6 Å². The molecule has 0 bridgehead atoms. The molecule has 1 aromatic heterocycles. The van der Waals surface area contributed by atoms with E-state index in [4.69, 9.17) is 16.3 Å². The Balaban J connectivity index is 1.98. The first-order valence-electron chi connectivity index (χ1n) is 5.67. The lowest BCUT2D eigenvalue weighted by Gasteiger charge is -2.03. The molecule has 1 aliphatic heterocycles. The molecule has 19 heavy (non-hydrogen) atoms. The second-order valence-corrected chi connectivity index (χ2v) is 5.22. The molecular formula is C15H9ClO2S. The number of cyclic esters (lactones) is 1. The number of halogens is 1. The number of esters is 1. The van der Waals surface area contributed by atoms with Crippen LogP contribution in [-0.4, -0.2) is 5.97 Å². The number of ether oxygens (including phenoxy) is 1. The molecule has 2 aromatic rings. The van der Waals surface area contributed by atoms with E-state index in [0.29, 0.717) is 16.4 Å². The molecule has 0 spiro atoms. The van der Waals surface area contributed by atoms with Crippen LogP contribution in [0, 0.1) is 0 Å². The second kappa shape index (κ2) is 5.03. The number of hydrogen-bond donors (Lipinski definition) is 0. The number of thiophene rings is 1. The van der Waals surface area contributed by atoms with Gasteiger partial charge in [-0.25, -0.2) is 4.79 Å². The van der Waals surface area contributed by atoms with Crippen LogP contribution in [0.2, 0.25) is 5.02 Å². The Hall–Kier alpha value is -1.84. The highest BCUT2D eigenvalue weighted by Crippen LogP contribution is 2.31. The van der Waals surface area contributed by atoms with Gasteiger partial charge in [0, 0.05) is 5.56 Å². The van der Waals surface area contributed by atoms with Gasteiger partial charge < -0.3 is 4.74 Å². The summed E-state index contributed by atoms with van der Waals surface area (Å²) in [6.45, 7) is 0. The predicted molar refractivity (Wildman–Crippen MR) is 77.8 cm³/mol. The van der Waals surface area contributed by atoms with Gasteiger partial charge in [-0.15, -0.1) is 0 Å². The van der Waals surface area contributed by atoms with E-state index in [0.717, 1.165) is 11.1 Å². The van der Waals surface area contributed by atoms with E-state index >= 15 is 0 Å². The maximum Gasteiger partial charge on any atom is 0.343 e. The third-order valence-corrected chi connectivity index (χ3v) is 3.76. The first kappa shape index (κ1) is 12.2. The van der Waals surface area contributed by atoms with Crippen molar-refractivity contribution < 1.29 is 9.53 Å². The molecule has 0 aliphatic carbocycles. The third-order valence-electron chi connectivity index (χ3n) is 2.73. The Bertz CT molecular complexity index is 684. The molecule has 0 radical (unpaired) electrons. The topological polar surface area (TPSA) is 26.3 Å². The summed E-state index contributed by atoms with van der Waals surface area (Å²) >= 11 is 7.68. The number of carbonyl (C=O) groups excluding carboxylic acids is 1. The Kier molecular flexibility index (Phi) is 3.23. The van der Waals surface area contributed by atoms with E-state index in [1.54, 1.807) is 23.5 Å². The fourth-order valence-corrected chi connectivity index (χ4v) is 2.67. The molecule has 94 valence electrons. The maximum atomic E-state index is 11.8. The molecule has 3 rings (SSSR count). The smallest absolute Gasteiger partial charge is 0.343 e. The average molecular weight is 289 g/mol. The van der Waals surface area contributed by atoms with Crippen LogP contribution in [0.15, 0.2) is 52.7 Å². The molecule has 2 nitrogen and oxygen atoms in total. The van der Waals surface area contributed by atoms with Crippen LogP contribution < -0.4 is 0 Å². The van der Waals surface area contributed by atoms with Crippen molar-refractivity contribution in [3.63, 3.8) is 0 Å². The summed E-state index contributed by atoms with van der Waals surface area (Å²) in [4.78, 5) is 11.8. The number of rotatable bonds is 2. The molecule has 4 heteroatoms. The van der Waals surface area contributed by atoms with Gasteiger partial charge in [0.15, 0.2) is 0 Å². The highest BCUT2D eigenvalue weighted by atomic mass is 35.5. The molecule has 0 saturated carbocycles.